The fourth-order valence-corrected chi connectivity index (χ4v) is 2.00. The summed E-state index contributed by atoms with van der Waals surface area (Å²) >= 11 is 0. The van der Waals surface area contributed by atoms with Crippen molar-refractivity contribution in [3.63, 3.8) is 0 Å². The number of carbonyl (C=O) groups excluding carboxylic acids is 1. The lowest BCUT2D eigenvalue weighted by Crippen LogP contribution is -2.61. The molecule has 0 spiro atoms. The van der Waals surface area contributed by atoms with Crippen LogP contribution in [0.4, 0.5) is 22.0 Å². The molecular weight excluding hydrogens is 329 g/mol. The van der Waals surface area contributed by atoms with Gasteiger partial charge in [0.25, 0.3) is 11.6 Å². The number of ether oxygens (including phenoxy) is 1. The van der Waals surface area contributed by atoms with Gasteiger partial charge in [-0.1, -0.05) is 0 Å². The van der Waals surface area contributed by atoms with Crippen LogP contribution in [-0.2, 0) is 4.74 Å². The summed E-state index contributed by atoms with van der Waals surface area (Å²) in [5, 5.41) is 13.4. The van der Waals surface area contributed by atoms with Gasteiger partial charge in [-0.25, -0.2) is 4.74 Å². The third-order valence-electron chi connectivity index (χ3n) is 2.95. The molecule has 1 N–H and O–H groups in total. The van der Waals surface area contributed by atoms with Crippen LogP contribution in [0, 0.1) is 0 Å². The Morgan fingerprint density at radius 3 is 2.39 bits per heavy atom. The summed E-state index contributed by atoms with van der Waals surface area (Å²) in [5.74, 6) is -1.22. The molecule has 11 heteroatoms. The van der Waals surface area contributed by atoms with Crippen LogP contribution < -0.4 is 0 Å². The highest BCUT2D eigenvalue weighted by molar-refractivity contribution is 5.97. The minimum atomic E-state index is -5.72. The van der Waals surface area contributed by atoms with E-state index in [-0.39, 0.29) is 16.3 Å². The van der Waals surface area contributed by atoms with Crippen molar-refractivity contribution in [1.82, 2.24) is 9.99 Å². The summed E-state index contributed by atoms with van der Waals surface area (Å²) in [6.45, 7) is 1.18. The lowest BCUT2D eigenvalue weighted by molar-refractivity contribution is -0.468. The third-order valence-corrected chi connectivity index (χ3v) is 2.95. The van der Waals surface area contributed by atoms with Crippen molar-refractivity contribution in [2.75, 3.05) is 0 Å². The Morgan fingerprint density at radius 2 is 1.87 bits per heavy atom. The van der Waals surface area contributed by atoms with Crippen LogP contribution in [0.25, 0.3) is 0 Å². The molecule has 0 saturated heterocycles. The predicted octanol–water partition coefficient (Wildman–Crippen LogP) is 2.12. The minimum absolute atomic E-state index is 0.108. The fraction of sp³-hybridized carbons (Fsp3) is 0.417. The molecule has 2 heterocycles. The number of nitrogens with zero attached hydrogens (tertiary/aromatic N) is 3. The van der Waals surface area contributed by atoms with Crippen molar-refractivity contribution >= 4 is 11.6 Å². The number of halogens is 5. The Hall–Kier alpha value is -2.14. The van der Waals surface area contributed by atoms with E-state index in [0.29, 0.717) is 0 Å². The van der Waals surface area contributed by atoms with Crippen molar-refractivity contribution in [3.8, 4) is 0 Å². The molecule has 0 bridgehead atoms. The second kappa shape index (κ2) is 5.49. The lowest BCUT2D eigenvalue weighted by Gasteiger charge is -2.36. The smallest absolute Gasteiger partial charge is 0.362 e. The Labute approximate surface area is 126 Å². The molecule has 0 aliphatic carbocycles. The van der Waals surface area contributed by atoms with Crippen molar-refractivity contribution in [1.29, 1.82) is 0 Å². The van der Waals surface area contributed by atoms with Crippen LogP contribution in [0.15, 0.2) is 29.6 Å². The van der Waals surface area contributed by atoms with Crippen LogP contribution in [0.2, 0.25) is 0 Å². The van der Waals surface area contributed by atoms with Gasteiger partial charge in [0.05, 0.1) is 0 Å². The number of hydrogen-bond acceptors (Lipinski definition) is 5. The van der Waals surface area contributed by atoms with E-state index in [9.17, 15) is 31.9 Å². The molecule has 1 aromatic rings. The molecule has 1 aromatic heterocycles. The molecule has 1 aliphatic heterocycles. The number of aliphatic hydroxyl groups is 1. The van der Waals surface area contributed by atoms with Crippen molar-refractivity contribution in [2.45, 2.75) is 31.5 Å². The zero-order valence-corrected chi connectivity index (χ0v) is 11.5. The molecular formula is C12H10F5N3O3. The summed E-state index contributed by atoms with van der Waals surface area (Å²) in [4.78, 5) is 15.8. The number of rotatable bonds is 3. The van der Waals surface area contributed by atoms with Crippen LogP contribution in [-0.4, -0.2) is 44.9 Å². The molecule has 1 atom stereocenters. The second-order valence-electron chi connectivity index (χ2n) is 4.75. The highest BCUT2D eigenvalue weighted by Gasteiger charge is 2.66. The fourth-order valence-electron chi connectivity index (χ4n) is 2.00. The maximum absolute atomic E-state index is 13.8. The first kappa shape index (κ1) is 17.2. The number of hydrogen-bond donors (Lipinski definition) is 1. The molecule has 2 rings (SSSR count). The standard InChI is InChI=1S/C12H10F5N3O3/c1-7-6-10(22,11(13,14)23-12(15,16)17)20(19-7)9(21)8-2-4-18-5-3-8/h2-5,22H,6H2,1H3. The number of amides is 1. The predicted molar refractivity (Wildman–Crippen MR) is 65.2 cm³/mol. The molecule has 0 saturated carbocycles. The van der Waals surface area contributed by atoms with Crippen molar-refractivity contribution < 1.29 is 36.6 Å². The van der Waals surface area contributed by atoms with Gasteiger partial charge in [-0.3, -0.25) is 9.78 Å². The van der Waals surface area contributed by atoms with E-state index in [4.69, 9.17) is 0 Å². The van der Waals surface area contributed by atoms with E-state index >= 15 is 0 Å². The van der Waals surface area contributed by atoms with Gasteiger partial charge >= 0.3 is 12.5 Å². The quantitative estimate of drug-likeness (QED) is 0.856. The summed E-state index contributed by atoms with van der Waals surface area (Å²) in [6, 6.07) is 2.27. The van der Waals surface area contributed by atoms with Gasteiger partial charge in [0.2, 0.25) is 0 Å². The third kappa shape index (κ3) is 3.29. The molecule has 0 fully saturated rings. The summed E-state index contributed by atoms with van der Waals surface area (Å²) in [7, 11) is 0. The molecule has 6 nitrogen and oxygen atoms in total. The SMILES string of the molecule is CC1=NN(C(=O)c2ccncc2)C(O)(C(F)(F)OC(F)(F)F)C1. The number of hydrazone groups is 1. The highest BCUT2D eigenvalue weighted by Crippen LogP contribution is 2.43. The van der Waals surface area contributed by atoms with Gasteiger partial charge in [0.1, 0.15) is 0 Å². The first-order chi connectivity index (χ1) is 10.5. The van der Waals surface area contributed by atoms with Crippen LogP contribution >= 0.6 is 0 Å². The van der Waals surface area contributed by atoms with E-state index in [1.165, 1.54) is 19.3 Å². The largest absolute Gasteiger partial charge is 0.527 e. The second-order valence-corrected chi connectivity index (χ2v) is 4.75. The van der Waals surface area contributed by atoms with E-state index in [0.717, 1.165) is 12.1 Å². The van der Waals surface area contributed by atoms with Crippen molar-refractivity contribution in [3.05, 3.63) is 30.1 Å². The number of alkyl halides is 5. The molecule has 1 unspecified atom stereocenters. The summed E-state index contributed by atoms with van der Waals surface area (Å²) in [5.41, 5.74) is -3.97. The molecule has 1 amide bonds. The monoisotopic (exact) mass is 339 g/mol. The van der Waals surface area contributed by atoms with Crippen molar-refractivity contribution in [2.24, 2.45) is 5.10 Å². The van der Waals surface area contributed by atoms with Gasteiger partial charge in [-0.05, 0) is 19.1 Å². The van der Waals surface area contributed by atoms with Crippen LogP contribution in [0.1, 0.15) is 23.7 Å². The van der Waals surface area contributed by atoms with Gasteiger partial charge in [-0.15, -0.1) is 13.2 Å². The average molecular weight is 339 g/mol. The summed E-state index contributed by atoms with van der Waals surface area (Å²) < 4.78 is 66.9. The van der Waals surface area contributed by atoms with Gasteiger partial charge in [0.15, 0.2) is 0 Å². The van der Waals surface area contributed by atoms with E-state index < -0.39 is 30.5 Å². The molecule has 0 radical (unpaired) electrons. The van der Waals surface area contributed by atoms with Gasteiger partial charge in [0, 0.05) is 30.1 Å². The van der Waals surface area contributed by atoms with Crippen LogP contribution in [0.3, 0.4) is 0 Å². The lowest BCUT2D eigenvalue weighted by atomic mass is 10.1. The molecule has 126 valence electrons. The normalized spacial score (nSPS) is 22.2. The maximum atomic E-state index is 13.8. The topological polar surface area (TPSA) is 75.0 Å². The molecule has 23 heavy (non-hydrogen) atoms. The van der Waals surface area contributed by atoms with E-state index in [1.54, 1.807) is 0 Å². The Kier molecular flexibility index (Phi) is 4.11. The number of pyridine rings is 1. The van der Waals surface area contributed by atoms with E-state index in [1.807, 2.05) is 0 Å². The number of aromatic nitrogens is 1. The van der Waals surface area contributed by atoms with E-state index in [2.05, 4.69) is 14.8 Å². The van der Waals surface area contributed by atoms with Gasteiger partial charge in [-0.2, -0.15) is 18.9 Å². The highest BCUT2D eigenvalue weighted by atomic mass is 19.4. The Balaban J connectivity index is 2.39. The minimum Gasteiger partial charge on any atom is -0.362 e. The Bertz CT molecular complexity index is 635. The van der Waals surface area contributed by atoms with Gasteiger partial charge < -0.3 is 5.11 Å². The average Bonchev–Trinajstić information content (AvgIpc) is 2.73. The molecule has 1 aliphatic rings. The molecule has 0 aromatic carbocycles. The first-order valence-electron chi connectivity index (χ1n) is 6.12. The Morgan fingerprint density at radius 1 is 1.30 bits per heavy atom. The number of carbonyl (C=O) groups is 1. The first-order valence-corrected chi connectivity index (χ1v) is 6.12. The van der Waals surface area contributed by atoms with Crippen LogP contribution in [0.5, 0.6) is 0 Å². The zero-order valence-electron chi connectivity index (χ0n) is 11.5. The maximum Gasteiger partial charge on any atom is 0.527 e. The summed E-state index contributed by atoms with van der Waals surface area (Å²) in [6.07, 6.45) is -9.52. The zero-order chi connectivity index (χ0) is 17.5.